The van der Waals surface area contributed by atoms with Crippen LogP contribution >= 0.6 is 0 Å². The van der Waals surface area contributed by atoms with Crippen molar-refractivity contribution in [1.29, 1.82) is 0 Å². The van der Waals surface area contributed by atoms with Crippen molar-refractivity contribution in [3.05, 3.63) is 48.0 Å². The molecule has 1 heterocycles. The van der Waals surface area contributed by atoms with Crippen molar-refractivity contribution in [2.45, 2.75) is 6.54 Å². The molecule has 0 spiro atoms. The molecule has 3 rings (SSSR count). The van der Waals surface area contributed by atoms with E-state index < -0.39 is 0 Å². The Kier molecular flexibility index (Phi) is 6.97. The van der Waals surface area contributed by atoms with Gasteiger partial charge in [0.2, 0.25) is 0 Å². The van der Waals surface area contributed by atoms with E-state index >= 15 is 0 Å². The molecule has 2 aromatic carbocycles. The first-order valence-electron chi connectivity index (χ1n) is 9.35. The molecule has 0 aromatic heterocycles. The summed E-state index contributed by atoms with van der Waals surface area (Å²) >= 11 is 0. The normalized spacial score (nSPS) is 14.5. The Hall–Kier alpha value is -2.93. The van der Waals surface area contributed by atoms with Gasteiger partial charge in [0.15, 0.2) is 17.5 Å². The molecule has 150 valence electrons. The smallest absolute Gasteiger partial charge is 0.195 e. The van der Waals surface area contributed by atoms with Gasteiger partial charge in [-0.1, -0.05) is 18.2 Å². The minimum absolute atomic E-state index is 0.667. The summed E-state index contributed by atoms with van der Waals surface area (Å²) < 4.78 is 16.1. The Morgan fingerprint density at radius 1 is 1.07 bits per heavy atom. The van der Waals surface area contributed by atoms with Gasteiger partial charge in [0.25, 0.3) is 0 Å². The topological polar surface area (TPSA) is 67.4 Å². The van der Waals surface area contributed by atoms with Gasteiger partial charge in [-0.2, -0.15) is 0 Å². The van der Waals surface area contributed by atoms with Crippen molar-refractivity contribution >= 4 is 17.3 Å². The second-order valence-corrected chi connectivity index (χ2v) is 6.35. The van der Waals surface area contributed by atoms with Gasteiger partial charge < -0.3 is 29.7 Å². The molecule has 0 unspecified atom stereocenters. The predicted molar refractivity (Wildman–Crippen MR) is 113 cm³/mol. The van der Waals surface area contributed by atoms with E-state index in [1.165, 1.54) is 11.3 Å². The number of methoxy groups -OCH3 is 2. The van der Waals surface area contributed by atoms with Gasteiger partial charge in [-0.3, -0.25) is 4.99 Å². The third-order valence-electron chi connectivity index (χ3n) is 4.66. The second-order valence-electron chi connectivity index (χ2n) is 6.35. The molecule has 1 fully saturated rings. The Labute approximate surface area is 166 Å². The number of para-hydroxylation sites is 1. The molecule has 0 atom stereocenters. The Morgan fingerprint density at radius 2 is 1.82 bits per heavy atom. The molecule has 28 heavy (non-hydrogen) atoms. The highest BCUT2D eigenvalue weighted by Crippen LogP contribution is 2.29. The number of hydrogen-bond acceptors (Lipinski definition) is 5. The summed E-state index contributed by atoms with van der Waals surface area (Å²) in [6.45, 7) is 4.03. The number of rotatable bonds is 6. The average Bonchev–Trinajstić information content (AvgIpc) is 2.77. The summed E-state index contributed by atoms with van der Waals surface area (Å²) in [5.74, 6) is 2.04. The molecule has 1 aliphatic heterocycles. The third-order valence-corrected chi connectivity index (χ3v) is 4.66. The van der Waals surface area contributed by atoms with Crippen LogP contribution in [0.4, 0.5) is 11.4 Å². The molecule has 1 aliphatic rings. The van der Waals surface area contributed by atoms with Gasteiger partial charge in [-0.05, 0) is 23.8 Å². The van der Waals surface area contributed by atoms with Crippen molar-refractivity contribution in [3.8, 4) is 11.5 Å². The molecule has 0 radical (unpaired) electrons. The zero-order valence-electron chi connectivity index (χ0n) is 16.7. The van der Waals surface area contributed by atoms with E-state index in [0.717, 1.165) is 32.0 Å². The SMILES string of the molecule is CN=C(NCc1ccccc1N1CCOCC1)Nc1ccc(OC)c(OC)c1. The molecule has 1 saturated heterocycles. The van der Waals surface area contributed by atoms with Crippen LogP contribution in [0.3, 0.4) is 0 Å². The fourth-order valence-corrected chi connectivity index (χ4v) is 3.18. The number of morpholine rings is 1. The van der Waals surface area contributed by atoms with Crippen LogP contribution < -0.4 is 25.0 Å². The van der Waals surface area contributed by atoms with Crippen LogP contribution in [0.25, 0.3) is 0 Å². The van der Waals surface area contributed by atoms with E-state index in [-0.39, 0.29) is 0 Å². The number of anilines is 2. The van der Waals surface area contributed by atoms with E-state index in [9.17, 15) is 0 Å². The first kappa shape index (κ1) is 19.8. The summed E-state index contributed by atoms with van der Waals surface area (Å²) in [4.78, 5) is 6.69. The standard InChI is InChI=1S/C21H28N4O3/c1-22-21(24-17-8-9-19(26-2)20(14-17)27-3)23-15-16-6-4-5-7-18(16)25-10-12-28-13-11-25/h4-9,14H,10-13,15H2,1-3H3,(H2,22,23,24). The quantitative estimate of drug-likeness (QED) is 0.590. The molecule has 0 amide bonds. The fraction of sp³-hybridized carbons (Fsp3) is 0.381. The fourth-order valence-electron chi connectivity index (χ4n) is 3.18. The summed E-state index contributed by atoms with van der Waals surface area (Å²) in [7, 11) is 5.00. The van der Waals surface area contributed by atoms with Crippen LogP contribution in [-0.4, -0.2) is 53.5 Å². The number of nitrogens with zero attached hydrogens (tertiary/aromatic N) is 2. The molecule has 2 N–H and O–H groups in total. The van der Waals surface area contributed by atoms with Crippen LogP contribution in [0.15, 0.2) is 47.5 Å². The monoisotopic (exact) mass is 384 g/mol. The number of hydrogen-bond donors (Lipinski definition) is 2. The van der Waals surface area contributed by atoms with E-state index in [1.807, 2.05) is 18.2 Å². The molecule has 0 aliphatic carbocycles. The van der Waals surface area contributed by atoms with Crippen molar-refractivity contribution < 1.29 is 14.2 Å². The lowest BCUT2D eigenvalue weighted by Crippen LogP contribution is -2.37. The summed E-state index contributed by atoms with van der Waals surface area (Å²) in [5, 5.41) is 6.68. The van der Waals surface area contributed by atoms with Crippen molar-refractivity contribution in [2.75, 3.05) is 57.8 Å². The van der Waals surface area contributed by atoms with Crippen LogP contribution in [0.2, 0.25) is 0 Å². The molecule has 2 aromatic rings. The van der Waals surface area contributed by atoms with Gasteiger partial charge in [0.1, 0.15) is 0 Å². The highest BCUT2D eigenvalue weighted by molar-refractivity contribution is 5.93. The number of guanidine groups is 1. The molecule has 0 saturated carbocycles. The van der Waals surface area contributed by atoms with E-state index in [1.54, 1.807) is 21.3 Å². The van der Waals surface area contributed by atoms with Crippen molar-refractivity contribution in [1.82, 2.24) is 5.32 Å². The zero-order chi connectivity index (χ0) is 19.8. The largest absolute Gasteiger partial charge is 0.493 e. The Bertz CT molecular complexity index is 804. The number of ether oxygens (including phenoxy) is 3. The number of aliphatic imine (C=N–C) groups is 1. The summed E-state index contributed by atoms with van der Waals surface area (Å²) in [6.07, 6.45) is 0. The van der Waals surface area contributed by atoms with E-state index in [0.29, 0.717) is 24.0 Å². The minimum Gasteiger partial charge on any atom is -0.493 e. The predicted octanol–water partition coefficient (Wildman–Crippen LogP) is 2.73. The maximum atomic E-state index is 5.47. The third kappa shape index (κ3) is 4.86. The Morgan fingerprint density at radius 3 is 2.54 bits per heavy atom. The molecular weight excluding hydrogens is 356 g/mol. The van der Waals surface area contributed by atoms with Crippen LogP contribution in [0.1, 0.15) is 5.56 Å². The summed E-state index contributed by atoms with van der Waals surface area (Å²) in [5.41, 5.74) is 3.33. The minimum atomic E-state index is 0.667. The first-order valence-corrected chi connectivity index (χ1v) is 9.35. The lowest BCUT2D eigenvalue weighted by molar-refractivity contribution is 0.122. The molecule has 7 heteroatoms. The lowest BCUT2D eigenvalue weighted by atomic mass is 10.1. The summed E-state index contributed by atoms with van der Waals surface area (Å²) in [6, 6.07) is 14.1. The van der Waals surface area contributed by atoms with Gasteiger partial charge >= 0.3 is 0 Å². The number of nitrogens with one attached hydrogen (secondary N) is 2. The van der Waals surface area contributed by atoms with E-state index in [2.05, 4.69) is 44.8 Å². The van der Waals surface area contributed by atoms with Crippen LogP contribution in [-0.2, 0) is 11.3 Å². The molecular formula is C21H28N4O3. The van der Waals surface area contributed by atoms with Gasteiger partial charge in [-0.15, -0.1) is 0 Å². The van der Waals surface area contributed by atoms with E-state index in [4.69, 9.17) is 14.2 Å². The highest BCUT2D eigenvalue weighted by atomic mass is 16.5. The maximum absolute atomic E-state index is 5.47. The van der Waals surface area contributed by atoms with Gasteiger partial charge in [0.05, 0.1) is 27.4 Å². The van der Waals surface area contributed by atoms with Gasteiger partial charge in [0, 0.05) is 44.1 Å². The van der Waals surface area contributed by atoms with Crippen molar-refractivity contribution in [2.24, 2.45) is 4.99 Å². The average molecular weight is 384 g/mol. The van der Waals surface area contributed by atoms with Gasteiger partial charge in [-0.25, -0.2) is 0 Å². The Balaban J connectivity index is 1.66. The highest BCUT2D eigenvalue weighted by Gasteiger charge is 2.14. The van der Waals surface area contributed by atoms with Crippen molar-refractivity contribution in [3.63, 3.8) is 0 Å². The van der Waals surface area contributed by atoms with Crippen LogP contribution in [0.5, 0.6) is 11.5 Å². The first-order chi connectivity index (χ1) is 13.7. The zero-order valence-corrected chi connectivity index (χ0v) is 16.7. The number of benzene rings is 2. The molecule has 0 bridgehead atoms. The second kappa shape index (κ2) is 9.85. The lowest BCUT2D eigenvalue weighted by Gasteiger charge is -2.30. The maximum Gasteiger partial charge on any atom is 0.195 e. The molecule has 7 nitrogen and oxygen atoms in total. The van der Waals surface area contributed by atoms with Crippen LogP contribution in [0, 0.1) is 0 Å².